The van der Waals surface area contributed by atoms with Crippen molar-refractivity contribution in [3.05, 3.63) is 53.5 Å². The fourth-order valence-corrected chi connectivity index (χ4v) is 3.66. The van der Waals surface area contributed by atoms with E-state index in [2.05, 4.69) is 14.5 Å². The Kier molecular flexibility index (Phi) is 4.21. The van der Waals surface area contributed by atoms with Crippen molar-refractivity contribution in [2.24, 2.45) is 5.92 Å². The zero-order valence-electron chi connectivity index (χ0n) is 13.7. The zero-order chi connectivity index (χ0) is 16.4. The van der Waals surface area contributed by atoms with Gasteiger partial charge in [-0.1, -0.05) is 12.1 Å². The van der Waals surface area contributed by atoms with Crippen molar-refractivity contribution in [3.8, 4) is 0 Å². The van der Waals surface area contributed by atoms with Crippen LogP contribution >= 0.6 is 0 Å². The minimum absolute atomic E-state index is 0.261. The van der Waals surface area contributed by atoms with Gasteiger partial charge in [0, 0.05) is 38.6 Å². The summed E-state index contributed by atoms with van der Waals surface area (Å²) in [6.07, 6.45) is 8.20. The molecule has 0 bridgehead atoms. The molecule has 1 aliphatic rings. The lowest BCUT2D eigenvalue weighted by molar-refractivity contribution is 0.157. The number of aromatic nitrogens is 3. The molecule has 1 aromatic carbocycles. The molecule has 24 heavy (non-hydrogen) atoms. The first-order chi connectivity index (χ1) is 11.8. The standard InChI is InChI=1S/C18H22N4O2/c23-18-22(16-5-1-2-6-17(16)24-18)11-10-20-8-3-4-15(12-20)13-21-9-7-19-14-21/h1-2,5-7,9,14-15H,3-4,8,10-13H2/t15-/m0/s1. The first-order valence-electron chi connectivity index (χ1n) is 8.56. The molecular weight excluding hydrogens is 304 g/mol. The van der Waals surface area contributed by atoms with Gasteiger partial charge in [-0.05, 0) is 37.4 Å². The molecule has 2 aromatic heterocycles. The maximum Gasteiger partial charge on any atom is 0.419 e. The topological polar surface area (TPSA) is 56.2 Å². The monoisotopic (exact) mass is 326 g/mol. The lowest BCUT2D eigenvalue weighted by Gasteiger charge is -2.32. The number of fused-ring (bicyclic) bond motifs is 1. The molecule has 0 N–H and O–H groups in total. The normalized spacial score (nSPS) is 19.1. The van der Waals surface area contributed by atoms with E-state index in [9.17, 15) is 4.79 Å². The molecule has 0 radical (unpaired) electrons. The van der Waals surface area contributed by atoms with Crippen LogP contribution in [0.5, 0.6) is 0 Å². The smallest absolute Gasteiger partial charge is 0.408 e. The molecule has 0 amide bonds. The highest BCUT2D eigenvalue weighted by atomic mass is 16.4. The van der Waals surface area contributed by atoms with Crippen LogP contribution in [0.25, 0.3) is 11.1 Å². The summed E-state index contributed by atoms with van der Waals surface area (Å²) in [4.78, 5) is 18.6. The molecule has 0 unspecified atom stereocenters. The number of nitrogens with zero attached hydrogens (tertiary/aromatic N) is 4. The highest BCUT2D eigenvalue weighted by Crippen LogP contribution is 2.18. The Morgan fingerprint density at radius 3 is 3.04 bits per heavy atom. The number of hydrogen-bond acceptors (Lipinski definition) is 4. The SMILES string of the molecule is O=c1oc2ccccc2n1CCN1CCC[C@H](Cn2ccnc2)C1. The minimum atomic E-state index is -0.261. The van der Waals surface area contributed by atoms with Crippen LogP contribution in [0, 0.1) is 5.92 Å². The van der Waals surface area contributed by atoms with Crippen molar-refractivity contribution < 1.29 is 4.42 Å². The summed E-state index contributed by atoms with van der Waals surface area (Å²) in [5.41, 5.74) is 1.55. The third kappa shape index (κ3) is 3.14. The number of benzene rings is 1. The van der Waals surface area contributed by atoms with Gasteiger partial charge in [0.15, 0.2) is 5.58 Å². The van der Waals surface area contributed by atoms with Crippen LogP contribution in [0.15, 0.2) is 52.2 Å². The molecule has 1 atom stereocenters. The molecule has 6 nitrogen and oxygen atoms in total. The quantitative estimate of drug-likeness (QED) is 0.721. The van der Waals surface area contributed by atoms with E-state index < -0.39 is 0 Å². The molecule has 1 saturated heterocycles. The van der Waals surface area contributed by atoms with Gasteiger partial charge in [-0.15, -0.1) is 0 Å². The highest BCUT2D eigenvalue weighted by molar-refractivity contribution is 5.72. The summed E-state index contributed by atoms with van der Waals surface area (Å²) in [5, 5.41) is 0. The lowest BCUT2D eigenvalue weighted by Crippen LogP contribution is -2.39. The molecule has 126 valence electrons. The predicted octanol–water partition coefficient (Wildman–Crippen LogP) is 2.20. The molecule has 3 aromatic rings. The van der Waals surface area contributed by atoms with Crippen LogP contribution in [-0.4, -0.2) is 38.7 Å². The Morgan fingerprint density at radius 1 is 1.25 bits per heavy atom. The Labute approximate surface area is 140 Å². The van der Waals surface area contributed by atoms with Crippen LogP contribution in [0.4, 0.5) is 0 Å². The van der Waals surface area contributed by atoms with Crippen molar-refractivity contribution in [3.63, 3.8) is 0 Å². The van der Waals surface area contributed by atoms with Crippen LogP contribution in [0.3, 0.4) is 0 Å². The Hall–Kier alpha value is -2.34. The fraction of sp³-hybridized carbons (Fsp3) is 0.444. The first-order valence-corrected chi connectivity index (χ1v) is 8.56. The maximum absolute atomic E-state index is 12.1. The number of para-hydroxylation sites is 2. The number of rotatable bonds is 5. The third-order valence-electron chi connectivity index (χ3n) is 4.84. The molecule has 1 fully saturated rings. The summed E-state index contributed by atoms with van der Waals surface area (Å²) in [5.74, 6) is 0.383. The maximum atomic E-state index is 12.1. The average Bonchev–Trinajstić information content (AvgIpc) is 3.20. The van der Waals surface area contributed by atoms with Gasteiger partial charge in [-0.25, -0.2) is 9.78 Å². The van der Waals surface area contributed by atoms with Crippen molar-refractivity contribution in [1.82, 2.24) is 19.0 Å². The second kappa shape index (κ2) is 6.65. The van der Waals surface area contributed by atoms with E-state index in [1.807, 2.05) is 43.0 Å². The highest BCUT2D eigenvalue weighted by Gasteiger charge is 2.20. The van der Waals surface area contributed by atoms with E-state index in [4.69, 9.17) is 4.42 Å². The lowest BCUT2D eigenvalue weighted by atomic mass is 9.98. The van der Waals surface area contributed by atoms with Crippen molar-refractivity contribution in [2.75, 3.05) is 19.6 Å². The number of hydrogen-bond donors (Lipinski definition) is 0. The molecule has 6 heteroatoms. The Balaban J connectivity index is 1.40. The van der Waals surface area contributed by atoms with E-state index in [0.29, 0.717) is 18.0 Å². The summed E-state index contributed by atoms with van der Waals surface area (Å²) >= 11 is 0. The Bertz CT molecular complexity index is 849. The fourth-order valence-electron chi connectivity index (χ4n) is 3.66. The predicted molar refractivity (Wildman–Crippen MR) is 91.9 cm³/mol. The molecule has 0 spiro atoms. The van der Waals surface area contributed by atoms with Gasteiger partial charge in [0.2, 0.25) is 0 Å². The second-order valence-electron chi connectivity index (χ2n) is 6.56. The van der Waals surface area contributed by atoms with Crippen LogP contribution in [0.1, 0.15) is 12.8 Å². The van der Waals surface area contributed by atoms with Crippen LogP contribution < -0.4 is 5.76 Å². The van der Waals surface area contributed by atoms with Crippen LogP contribution in [-0.2, 0) is 13.1 Å². The zero-order valence-corrected chi connectivity index (χ0v) is 13.7. The first kappa shape index (κ1) is 15.2. The second-order valence-corrected chi connectivity index (χ2v) is 6.56. The number of likely N-dealkylation sites (tertiary alicyclic amines) is 1. The van der Waals surface area contributed by atoms with Gasteiger partial charge in [0.25, 0.3) is 0 Å². The van der Waals surface area contributed by atoms with Gasteiger partial charge in [-0.2, -0.15) is 0 Å². The van der Waals surface area contributed by atoms with Gasteiger partial charge >= 0.3 is 5.76 Å². The van der Waals surface area contributed by atoms with E-state index in [1.165, 1.54) is 12.8 Å². The van der Waals surface area contributed by atoms with Crippen molar-refractivity contribution in [2.45, 2.75) is 25.9 Å². The van der Waals surface area contributed by atoms with Gasteiger partial charge in [0.1, 0.15) is 0 Å². The Morgan fingerprint density at radius 2 is 2.17 bits per heavy atom. The molecule has 1 aliphatic heterocycles. The molecule has 0 aliphatic carbocycles. The molecule has 3 heterocycles. The summed E-state index contributed by atoms with van der Waals surface area (Å²) < 4.78 is 9.21. The van der Waals surface area contributed by atoms with Crippen molar-refractivity contribution in [1.29, 1.82) is 0 Å². The van der Waals surface area contributed by atoms with Crippen LogP contribution in [0.2, 0.25) is 0 Å². The molecule has 4 rings (SSSR count). The van der Waals surface area contributed by atoms with Gasteiger partial charge in [-0.3, -0.25) is 4.57 Å². The third-order valence-corrected chi connectivity index (χ3v) is 4.84. The van der Waals surface area contributed by atoms with E-state index >= 15 is 0 Å². The summed E-state index contributed by atoms with van der Waals surface area (Å²) in [7, 11) is 0. The largest absolute Gasteiger partial charge is 0.419 e. The number of oxazole rings is 1. The van der Waals surface area contributed by atoms with E-state index in [0.717, 1.165) is 31.7 Å². The summed E-state index contributed by atoms with van der Waals surface area (Å²) in [6, 6.07) is 7.62. The summed E-state index contributed by atoms with van der Waals surface area (Å²) in [6.45, 7) is 4.75. The number of imidazole rings is 1. The van der Waals surface area contributed by atoms with Gasteiger partial charge in [0.05, 0.1) is 11.8 Å². The number of piperidine rings is 1. The van der Waals surface area contributed by atoms with Gasteiger partial charge < -0.3 is 13.9 Å². The average molecular weight is 326 g/mol. The van der Waals surface area contributed by atoms with E-state index in [1.54, 1.807) is 4.57 Å². The molecular formula is C18H22N4O2. The minimum Gasteiger partial charge on any atom is -0.408 e. The van der Waals surface area contributed by atoms with Crippen molar-refractivity contribution >= 4 is 11.1 Å². The van der Waals surface area contributed by atoms with E-state index in [-0.39, 0.29) is 5.76 Å². The molecule has 0 saturated carbocycles.